The van der Waals surface area contributed by atoms with Crippen molar-refractivity contribution in [2.45, 2.75) is 18.9 Å². The fraction of sp³-hybridized carbons (Fsp3) is 0.600. The first kappa shape index (κ1) is 13.5. The van der Waals surface area contributed by atoms with E-state index in [2.05, 4.69) is 21.4 Å². The predicted octanol–water partition coefficient (Wildman–Crippen LogP) is 1.84. The average molecular weight is 339 g/mol. The van der Waals surface area contributed by atoms with Gasteiger partial charge in [0.25, 0.3) is 0 Å². The molecule has 0 aromatic carbocycles. The maximum absolute atomic E-state index is 11.4. The van der Waals surface area contributed by atoms with Gasteiger partial charge in [0.15, 0.2) is 9.84 Å². The number of thiophene rings is 1. The lowest BCUT2D eigenvalue weighted by Crippen LogP contribution is -2.29. The lowest BCUT2D eigenvalue weighted by Gasteiger charge is -2.18. The fourth-order valence-electron chi connectivity index (χ4n) is 2.20. The lowest BCUT2D eigenvalue weighted by atomic mass is 9.99. The van der Waals surface area contributed by atoms with E-state index in [1.807, 2.05) is 11.4 Å². The van der Waals surface area contributed by atoms with Crippen LogP contribution in [0.15, 0.2) is 15.9 Å². The van der Waals surface area contributed by atoms with Gasteiger partial charge < -0.3 is 0 Å². The molecular weight excluding hydrogens is 324 g/mol. The van der Waals surface area contributed by atoms with Crippen molar-refractivity contribution in [3.8, 4) is 0 Å². The SMILES string of the molecule is NNC(CC1CCS(=O)(=O)C1)c1sccc1Br. The number of hydrogen-bond donors (Lipinski definition) is 2. The maximum Gasteiger partial charge on any atom is 0.150 e. The molecule has 1 aliphatic heterocycles. The Morgan fingerprint density at radius 1 is 1.65 bits per heavy atom. The third-order valence-corrected chi connectivity index (χ3v) is 6.88. The minimum atomic E-state index is -2.81. The molecule has 17 heavy (non-hydrogen) atoms. The minimum absolute atomic E-state index is 0.0303. The highest BCUT2D eigenvalue weighted by Crippen LogP contribution is 2.34. The van der Waals surface area contributed by atoms with E-state index in [4.69, 9.17) is 5.84 Å². The van der Waals surface area contributed by atoms with Crippen LogP contribution in [0.3, 0.4) is 0 Å². The van der Waals surface area contributed by atoms with E-state index in [9.17, 15) is 8.42 Å². The molecule has 2 heterocycles. The van der Waals surface area contributed by atoms with Crippen molar-refractivity contribution in [2.75, 3.05) is 11.5 Å². The van der Waals surface area contributed by atoms with Crippen LogP contribution in [0.25, 0.3) is 0 Å². The molecule has 4 nitrogen and oxygen atoms in total. The van der Waals surface area contributed by atoms with Gasteiger partial charge in [0, 0.05) is 9.35 Å². The molecule has 1 saturated heterocycles. The van der Waals surface area contributed by atoms with E-state index in [-0.39, 0.29) is 12.0 Å². The van der Waals surface area contributed by atoms with E-state index in [1.54, 1.807) is 11.3 Å². The van der Waals surface area contributed by atoms with Gasteiger partial charge in [-0.05, 0) is 46.1 Å². The van der Waals surface area contributed by atoms with Gasteiger partial charge >= 0.3 is 0 Å². The van der Waals surface area contributed by atoms with Gasteiger partial charge in [-0.15, -0.1) is 11.3 Å². The van der Waals surface area contributed by atoms with Crippen LogP contribution >= 0.6 is 27.3 Å². The van der Waals surface area contributed by atoms with Crippen molar-refractivity contribution in [1.82, 2.24) is 5.43 Å². The number of rotatable bonds is 4. The zero-order valence-corrected chi connectivity index (χ0v) is 12.4. The number of hydrogen-bond acceptors (Lipinski definition) is 5. The van der Waals surface area contributed by atoms with Crippen molar-refractivity contribution < 1.29 is 8.42 Å². The van der Waals surface area contributed by atoms with Crippen molar-refractivity contribution in [1.29, 1.82) is 0 Å². The van der Waals surface area contributed by atoms with Crippen molar-refractivity contribution in [2.24, 2.45) is 11.8 Å². The lowest BCUT2D eigenvalue weighted by molar-refractivity contribution is 0.425. The molecule has 7 heteroatoms. The number of sulfone groups is 1. The van der Waals surface area contributed by atoms with Crippen LogP contribution in [-0.4, -0.2) is 19.9 Å². The van der Waals surface area contributed by atoms with Gasteiger partial charge in [0.05, 0.1) is 17.5 Å². The number of nitrogens with one attached hydrogen (secondary N) is 1. The van der Waals surface area contributed by atoms with Gasteiger partial charge in [0.1, 0.15) is 0 Å². The van der Waals surface area contributed by atoms with Crippen molar-refractivity contribution >= 4 is 37.1 Å². The maximum atomic E-state index is 11.4. The van der Waals surface area contributed by atoms with E-state index in [0.717, 1.165) is 22.2 Å². The summed E-state index contributed by atoms with van der Waals surface area (Å²) in [6.07, 6.45) is 1.53. The molecule has 1 fully saturated rings. The summed E-state index contributed by atoms with van der Waals surface area (Å²) in [6, 6.07) is 2.01. The molecule has 0 amide bonds. The number of hydrazine groups is 1. The Morgan fingerprint density at radius 3 is 2.88 bits per heavy atom. The standard InChI is InChI=1S/C10H15BrN2O2S2/c11-8-1-3-16-10(8)9(13-12)5-7-2-4-17(14,15)6-7/h1,3,7,9,13H,2,4-6,12H2. The Balaban J connectivity index is 2.04. The van der Waals surface area contributed by atoms with Crippen LogP contribution < -0.4 is 11.3 Å². The molecule has 0 bridgehead atoms. The van der Waals surface area contributed by atoms with Crippen molar-refractivity contribution in [3.05, 3.63) is 20.8 Å². The van der Waals surface area contributed by atoms with Gasteiger partial charge in [-0.25, -0.2) is 8.42 Å². The molecule has 0 saturated carbocycles. The summed E-state index contributed by atoms with van der Waals surface area (Å²) in [4.78, 5) is 1.14. The van der Waals surface area contributed by atoms with Gasteiger partial charge in [0.2, 0.25) is 0 Å². The van der Waals surface area contributed by atoms with Crippen LogP contribution in [0.4, 0.5) is 0 Å². The number of nitrogens with two attached hydrogens (primary N) is 1. The zero-order chi connectivity index (χ0) is 12.5. The van der Waals surface area contributed by atoms with Gasteiger partial charge in [-0.1, -0.05) is 0 Å². The normalized spacial score (nSPS) is 24.9. The second-order valence-corrected chi connectivity index (χ2v) is 8.39. The summed E-state index contributed by atoms with van der Waals surface area (Å²) in [7, 11) is -2.81. The van der Waals surface area contributed by atoms with Crippen LogP contribution in [0, 0.1) is 5.92 Å². The first-order valence-corrected chi connectivity index (χ1v) is 8.90. The molecule has 0 radical (unpaired) electrons. The first-order valence-electron chi connectivity index (χ1n) is 5.41. The van der Waals surface area contributed by atoms with Crippen LogP contribution in [0.2, 0.25) is 0 Å². The monoisotopic (exact) mass is 338 g/mol. The molecule has 2 unspecified atom stereocenters. The summed E-state index contributed by atoms with van der Waals surface area (Å²) < 4.78 is 23.8. The van der Waals surface area contributed by atoms with Crippen LogP contribution in [0.1, 0.15) is 23.8 Å². The molecule has 1 aromatic heterocycles. The van der Waals surface area contributed by atoms with Gasteiger partial charge in [-0.3, -0.25) is 11.3 Å². The Labute approximate surface area is 114 Å². The highest BCUT2D eigenvalue weighted by Gasteiger charge is 2.30. The largest absolute Gasteiger partial charge is 0.271 e. The van der Waals surface area contributed by atoms with E-state index in [0.29, 0.717) is 11.5 Å². The molecule has 1 aromatic rings. The number of halogens is 1. The smallest absolute Gasteiger partial charge is 0.150 e. The van der Waals surface area contributed by atoms with Crippen LogP contribution in [0.5, 0.6) is 0 Å². The zero-order valence-electron chi connectivity index (χ0n) is 9.23. The first-order chi connectivity index (χ1) is 8.02. The second-order valence-electron chi connectivity index (χ2n) is 4.36. The highest BCUT2D eigenvalue weighted by molar-refractivity contribution is 9.10. The predicted molar refractivity (Wildman–Crippen MR) is 73.5 cm³/mol. The van der Waals surface area contributed by atoms with Gasteiger partial charge in [-0.2, -0.15) is 0 Å². The van der Waals surface area contributed by atoms with E-state index in [1.165, 1.54) is 0 Å². The summed E-state index contributed by atoms with van der Waals surface area (Å²) in [6.45, 7) is 0. The van der Waals surface area contributed by atoms with Crippen LogP contribution in [-0.2, 0) is 9.84 Å². The molecule has 96 valence electrons. The van der Waals surface area contributed by atoms with Crippen molar-refractivity contribution in [3.63, 3.8) is 0 Å². The minimum Gasteiger partial charge on any atom is -0.271 e. The highest BCUT2D eigenvalue weighted by atomic mass is 79.9. The molecule has 0 spiro atoms. The Hall–Kier alpha value is 0.0500. The summed E-state index contributed by atoms with van der Waals surface area (Å²) in [5.74, 6) is 6.40. The average Bonchev–Trinajstić information content (AvgIpc) is 2.81. The third-order valence-electron chi connectivity index (χ3n) is 3.06. The second kappa shape index (κ2) is 5.36. The fourth-order valence-corrected chi connectivity index (χ4v) is 5.80. The molecule has 3 N–H and O–H groups in total. The quantitative estimate of drug-likeness (QED) is 0.649. The molecule has 2 rings (SSSR count). The Bertz CT molecular complexity index is 486. The summed E-state index contributed by atoms with van der Waals surface area (Å²) >= 11 is 5.10. The Morgan fingerprint density at radius 2 is 2.41 bits per heavy atom. The summed E-state index contributed by atoms with van der Waals surface area (Å²) in [5.41, 5.74) is 2.79. The Kier molecular flexibility index (Phi) is 4.25. The molecular formula is C10H15BrN2O2S2. The molecule has 1 aliphatic rings. The molecule has 0 aliphatic carbocycles. The third kappa shape index (κ3) is 3.29. The topological polar surface area (TPSA) is 72.2 Å². The molecule has 2 atom stereocenters. The van der Waals surface area contributed by atoms with E-state index < -0.39 is 9.84 Å². The van der Waals surface area contributed by atoms with E-state index >= 15 is 0 Å². The summed E-state index contributed by atoms with van der Waals surface area (Å²) in [5, 5.41) is 2.00.